The van der Waals surface area contributed by atoms with Gasteiger partial charge in [0, 0.05) is 32.8 Å². The van der Waals surface area contributed by atoms with Crippen LogP contribution in [0.4, 0.5) is 0 Å². The van der Waals surface area contributed by atoms with Crippen LogP contribution in [0.1, 0.15) is 24.2 Å². The fourth-order valence-corrected chi connectivity index (χ4v) is 1.85. The molecule has 0 aliphatic heterocycles. The summed E-state index contributed by atoms with van der Waals surface area (Å²) >= 11 is 0. The lowest BCUT2D eigenvalue weighted by Gasteiger charge is -2.15. The Kier molecular flexibility index (Phi) is 5.11. The predicted octanol–water partition coefficient (Wildman–Crippen LogP) is 1.41. The number of pyridine rings is 1. The molecule has 0 atom stereocenters. The zero-order chi connectivity index (χ0) is 12.8. The van der Waals surface area contributed by atoms with Crippen LogP contribution in [-0.4, -0.2) is 43.2 Å². The van der Waals surface area contributed by atoms with Crippen molar-refractivity contribution in [2.75, 3.05) is 27.3 Å². The normalized spacial score (nSPS) is 15.3. The van der Waals surface area contributed by atoms with Crippen LogP contribution in [0, 0.1) is 0 Å². The van der Waals surface area contributed by atoms with Gasteiger partial charge in [-0.1, -0.05) is 6.07 Å². The average molecular weight is 249 g/mol. The molecule has 0 radical (unpaired) electrons. The number of likely N-dealkylation sites (N-methyl/N-ethyl adjacent to an activating group) is 1. The zero-order valence-corrected chi connectivity index (χ0v) is 11.4. The summed E-state index contributed by atoms with van der Waals surface area (Å²) in [6.07, 6.45) is 2.64. The fraction of sp³-hybridized carbons (Fsp3) is 0.643. The number of rotatable bonds is 8. The topological polar surface area (TPSA) is 37.4 Å². The Morgan fingerprint density at radius 2 is 2.17 bits per heavy atom. The highest BCUT2D eigenvalue weighted by Crippen LogP contribution is 2.19. The largest absolute Gasteiger partial charge is 0.383 e. The van der Waals surface area contributed by atoms with Gasteiger partial charge < -0.3 is 10.1 Å². The monoisotopic (exact) mass is 249 g/mol. The molecule has 0 amide bonds. The molecule has 1 aromatic heterocycles. The summed E-state index contributed by atoms with van der Waals surface area (Å²) in [6.45, 7) is 3.46. The summed E-state index contributed by atoms with van der Waals surface area (Å²) < 4.78 is 5.07. The molecular formula is C14H23N3O. The van der Waals surface area contributed by atoms with E-state index in [0.29, 0.717) is 0 Å². The van der Waals surface area contributed by atoms with Gasteiger partial charge in [-0.25, -0.2) is 0 Å². The Hall–Kier alpha value is -0.970. The van der Waals surface area contributed by atoms with Crippen molar-refractivity contribution in [2.24, 2.45) is 0 Å². The molecule has 0 aromatic carbocycles. The maximum atomic E-state index is 5.07. The van der Waals surface area contributed by atoms with Crippen LogP contribution in [0.25, 0.3) is 0 Å². The van der Waals surface area contributed by atoms with Crippen molar-refractivity contribution in [1.29, 1.82) is 0 Å². The molecule has 1 N–H and O–H groups in total. The number of hydrogen-bond acceptors (Lipinski definition) is 4. The molecule has 1 fully saturated rings. The number of nitrogens with one attached hydrogen (secondary N) is 1. The summed E-state index contributed by atoms with van der Waals surface area (Å²) in [4.78, 5) is 6.90. The van der Waals surface area contributed by atoms with Crippen molar-refractivity contribution in [3.8, 4) is 0 Å². The van der Waals surface area contributed by atoms with Gasteiger partial charge in [-0.2, -0.15) is 0 Å². The van der Waals surface area contributed by atoms with Gasteiger partial charge in [0.25, 0.3) is 0 Å². The smallest absolute Gasteiger partial charge is 0.0589 e. The van der Waals surface area contributed by atoms with Crippen LogP contribution < -0.4 is 5.32 Å². The van der Waals surface area contributed by atoms with E-state index < -0.39 is 0 Å². The van der Waals surface area contributed by atoms with Crippen LogP contribution >= 0.6 is 0 Å². The molecule has 1 aliphatic rings. The van der Waals surface area contributed by atoms with Gasteiger partial charge in [0.15, 0.2) is 0 Å². The first-order valence-electron chi connectivity index (χ1n) is 6.63. The van der Waals surface area contributed by atoms with Crippen LogP contribution in [0.15, 0.2) is 18.2 Å². The van der Waals surface area contributed by atoms with Gasteiger partial charge in [-0.3, -0.25) is 9.88 Å². The second kappa shape index (κ2) is 6.83. The zero-order valence-electron chi connectivity index (χ0n) is 11.4. The van der Waals surface area contributed by atoms with Crippen LogP contribution in [0.2, 0.25) is 0 Å². The van der Waals surface area contributed by atoms with E-state index in [1.54, 1.807) is 7.11 Å². The highest BCUT2D eigenvalue weighted by atomic mass is 16.5. The van der Waals surface area contributed by atoms with Crippen LogP contribution in [0.3, 0.4) is 0 Å². The minimum absolute atomic E-state index is 0.736. The van der Waals surface area contributed by atoms with E-state index in [1.807, 2.05) is 0 Å². The van der Waals surface area contributed by atoms with Crippen molar-refractivity contribution < 1.29 is 4.74 Å². The maximum Gasteiger partial charge on any atom is 0.0589 e. The highest BCUT2D eigenvalue weighted by molar-refractivity contribution is 5.11. The minimum atomic E-state index is 0.736. The van der Waals surface area contributed by atoms with Crippen LogP contribution in [0.5, 0.6) is 0 Å². The van der Waals surface area contributed by atoms with E-state index in [1.165, 1.54) is 12.8 Å². The predicted molar refractivity (Wildman–Crippen MR) is 72.3 cm³/mol. The van der Waals surface area contributed by atoms with Crippen molar-refractivity contribution in [2.45, 2.75) is 32.0 Å². The highest BCUT2D eigenvalue weighted by Gasteiger charge is 2.20. The third-order valence-electron chi connectivity index (χ3n) is 3.12. The van der Waals surface area contributed by atoms with E-state index in [9.17, 15) is 0 Å². The molecule has 0 saturated heterocycles. The lowest BCUT2D eigenvalue weighted by Crippen LogP contribution is -2.23. The van der Waals surface area contributed by atoms with E-state index in [4.69, 9.17) is 4.74 Å². The van der Waals surface area contributed by atoms with Gasteiger partial charge in [0.2, 0.25) is 0 Å². The molecule has 4 nitrogen and oxygen atoms in total. The quantitative estimate of drug-likeness (QED) is 0.756. The summed E-state index contributed by atoms with van der Waals surface area (Å²) in [5.74, 6) is 0. The second-order valence-corrected chi connectivity index (χ2v) is 5.01. The lowest BCUT2D eigenvalue weighted by atomic mass is 10.3. The number of ether oxygens (including phenoxy) is 1. The molecule has 1 aliphatic carbocycles. The van der Waals surface area contributed by atoms with Gasteiger partial charge in [-0.05, 0) is 32.0 Å². The van der Waals surface area contributed by atoms with Gasteiger partial charge in [-0.15, -0.1) is 0 Å². The third-order valence-corrected chi connectivity index (χ3v) is 3.12. The first-order valence-corrected chi connectivity index (χ1v) is 6.63. The Bertz CT molecular complexity index is 366. The summed E-state index contributed by atoms with van der Waals surface area (Å²) in [5.41, 5.74) is 2.27. The number of methoxy groups -OCH3 is 1. The molecule has 1 saturated carbocycles. The standard InChI is InChI=1S/C14H23N3O/c1-17(8-9-18-2)11-14-5-3-4-13(16-14)10-15-12-6-7-12/h3-5,12,15H,6-11H2,1-2H3. The van der Waals surface area contributed by atoms with Crippen molar-refractivity contribution >= 4 is 0 Å². The van der Waals surface area contributed by atoms with Crippen LogP contribution in [-0.2, 0) is 17.8 Å². The third kappa shape index (κ3) is 4.72. The Morgan fingerprint density at radius 3 is 2.89 bits per heavy atom. The van der Waals surface area contributed by atoms with Crippen molar-refractivity contribution in [1.82, 2.24) is 15.2 Å². The average Bonchev–Trinajstić information content (AvgIpc) is 3.18. The SMILES string of the molecule is COCCN(C)Cc1cccc(CNC2CC2)n1. The summed E-state index contributed by atoms with van der Waals surface area (Å²) in [6, 6.07) is 7.01. The second-order valence-electron chi connectivity index (χ2n) is 5.01. The van der Waals surface area contributed by atoms with Crippen molar-refractivity contribution in [3.63, 3.8) is 0 Å². The molecular weight excluding hydrogens is 226 g/mol. The van der Waals surface area contributed by atoms with Gasteiger partial charge >= 0.3 is 0 Å². The fourth-order valence-electron chi connectivity index (χ4n) is 1.85. The van der Waals surface area contributed by atoms with E-state index >= 15 is 0 Å². The number of nitrogens with zero attached hydrogens (tertiary/aromatic N) is 2. The maximum absolute atomic E-state index is 5.07. The van der Waals surface area contributed by atoms with Crippen molar-refractivity contribution in [3.05, 3.63) is 29.6 Å². The molecule has 1 heterocycles. The van der Waals surface area contributed by atoms with E-state index in [2.05, 4.69) is 40.4 Å². The Labute approximate surface area is 109 Å². The van der Waals surface area contributed by atoms with E-state index in [-0.39, 0.29) is 0 Å². The number of aromatic nitrogens is 1. The van der Waals surface area contributed by atoms with Gasteiger partial charge in [0.1, 0.15) is 0 Å². The molecule has 0 bridgehead atoms. The van der Waals surface area contributed by atoms with E-state index in [0.717, 1.165) is 43.7 Å². The molecule has 100 valence electrons. The minimum Gasteiger partial charge on any atom is -0.383 e. The molecule has 1 aromatic rings. The summed E-state index contributed by atoms with van der Waals surface area (Å²) in [5, 5.41) is 3.49. The van der Waals surface area contributed by atoms with Gasteiger partial charge in [0.05, 0.1) is 18.0 Å². The first-order chi connectivity index (χ1) is 8.78. The lowest BCUT2D eigenvalue weighted by molar-refractivity contribution is 0.158. The number of hydrogen-bond donors (Lipinski definition) is 1. The molecule has 2 rings (SSSR count). The molecule has 4 heteroatoms. The Balaban J connectivity index is 1.81. The molecule has 0 spiro atoms. The summed E-state index contributed by atoms with van der Waals surface area (Å²) in [7, 11) is 3.83. The Morgan fingerprint density at radius 1 is 1.39 bits per heavy atom. The molecule has 18 heavy (non-hydrogen) atoms. The molecule has 0 unspecified atom stereocenters. The first kappa shape index (κ1) is 13.5.